The summed E-state index contributed by atoms with van der Waals surface area (Å²) in [6, 6.07) is 12.4. The third-order valence-electron chi connectivity index (χ3n) is 3.89. The van der Waals surface area contributed by atoms with Gasteiger partial charge in [0.25, 0.3) is 0 Å². The molecule has 0 atom stereocenters. The predicted octanol–water partition coefficient (Wildman–Crippen LogP) is 3.63. The van der Waals surface area contributed by atoms with E-state index in [-0.39, 0.29) is 6.79 Å². The van der Waals surface area contributed by atoms with E-state index in [0.717, 1.165) is 41.6 Å². The number of ether oxygens (including phenoxy) is 2. The van der Waals surface area contributed by atoms with E-state index in [2.05, 4.69) is 29.2 Å². The Kier molecular flexibility index (Phi) is 2.74. The van der Waals surface area contributed by atoms with Crippen molar-refractivity contribution in [2.45, 2.75) is 13.0 Å². The maximum Gasteiger partial charge on any atom is 0.231 e. The molecule has 0 unspecified atom stereocenters. The second kappa shape index (κ2) is 4.60. The van der Waals surface area contributed by atoms with E-state index in [1.807, 2.05) is 12.1 Å². The van der Waals surface area contributed by atoms with E-state index in [0.29, 0.717) is 0 Å². The third kappa shape index (κ3) is 1.90. The van der Waals surface area contributed by atoms with Crippen molar-refractivity contribution in [2.24, 2.45) is 0 Å². The molecule has 0 saturated carbocycles. The van der Waals surface area contributed by atoms with E-state index in [1.54, 1.807) is 0 Å². The van der Waals surface area contributed by atoms with Crippen molar-refractivity contribution >= 4 is 17.3 Å². The highest BCUT2D eigenvalue weighted by Crippen LogP contribution is 2.38. The van der Waals surface area contributed by atoms with Crippen LogP contribution < -0.4 is 14.4 Å². The molecule has 2 aromatic carbocycles. The van der Waals surface area contributed by atoms with Gasteiger partial charge in [-0.05, 0) is 29.7 Å². The summed E-state index contributed by atoms with van der Waals surface area (Å²) in [5, 5.41) is 0.735. The predicted molar refractivity (Wildman–Crippen MR) is 78.8 cm³/mol. The van der Waals surface area contributed by atoms with Crippen molar-refractivity contribution in [3.05, 3.63) is 52.5 Å². The number of anilines is 1. The van der Waals surface area contributed by atoms with Gasteiger partial charge in [-0.1, -0.05) is 29.8 Å². The normalized spacial score (nSPS) is 15.6. The highest BCUT2D eigenvalue weighted by Gasteiger charge is 2.21. The SMILES string of the molecule is Clc1cc2c(cc1CN1CCc3ccccc31)OCO2. The zero-order valence-corrected chi connectivity index (χ0v) is 11.7. The molecule has 0 aromatic heterocycles. The van der Waals surface area contributed by atoms with E-state index in [4.69, 9.17) is 21.1 Å². The van der Waals surface area contributed by atoms with Crippen LogP contribution in [0.1, 0.15) is 11.1 Å². The Morgan fingerprint density at radius 2 is 1.90 bits per heavy atom. The molecule has 0 amide bonds. The minimum Gasteiger partial charge on any atom is -0.454 e. The second-order valence-corrected chi connectivity index (χ2v) is 5.50. The van der Waals surface area contributed by atoms with E-state index in [9.17, 15) is 0 Å². The fourth-order valence-electron chi connectivity index (χ4n) is 2.86. The molecule has 20 heavy (non-hydrogen) atoms. The number of benzene rings is 2. The first-order chi connectivity index (χ1) is 9.81. The van der Waals surface area contributed by atoms with Gasteiger partial charge in [-0.3, -0.25) is 0 Å². The van der Waals surface area contributed by atoms with Crippen LogP contribution in [-0.2, 0) is 13.0 Å². The number of nitrogens with zero attached hydrogens (tertiary/aromatic N) is 1. The summed E-state index contributed by atoms with van der Waals surface area (Å²) in [4.78, 5) is 2.36. The Balaban J connectivity index is 1.64. The zero-order chi connectivity index (χ0) is 13.5. The number of hydrogen-bond acceptors (Lipinski definition) is 3. The smallest absolute Gasteiger partial charge is 0.231 e. The highest BCUT2D eigenvalue weighted by molar-refractivity contribution is 6.31. The Hall–Kier alpha value is -1.87. The average Bonchev–Trinajstić information content (AvgIpc) is 3.06. The molecular weight excluding hydrogens is 274 g/mol. The van der Waals surface area contributed by atoms with E-state index in [1.165, 1.54) is 11.3 Å². The minimum atomic E-state index is 0.279. The molecule has 0 bridgehead atoms. The van der Waals surface area contributed by atoms with Crippen LogP contribution in [0.3, 0.4) is 0 Å². The molecule has 0 saturated heterocycles. The highest BCUT2D eigenvalue weighted by atomic mass is 35.5. The van der Waals surface area contributed by atoms with E-state index < -0.39 is 0 Å². The summed E-state index contributed by atoms with van der Waals surface area (Å²) >= 11 is 6.35. The molecule has 0 aliphatic carbocycles. The minimum absolute atomic E-state index is 0.279. The van der Waals surface area contributed by atoms with E-state index >= 15 is 0 Å². The van der Waals surface area contributed by atoms with Gasteiger partial charge in [0.05, 0.1) is 0 Å². The van der Waals surface area contributed by atoms with Crippen LogP contribution in [0.2, 0.25) is 5.02 Å². The molecule has 0 radical (unpaired) electrons. The Morgan fingerprint density at radius 1 is 1.10 bits per heavy atom. The summed E-state index contributed by atoms with van der Waals surface area (Å²) in [5.74, 6) is 1.53. The molecular formula is C16H14ClNO2. The molecule has 0 spiro atoms. The van der Waals surface area contributed by atoms with Crippen LogP contribution in [0.15, 0.2) is 36.4 Å². The number of hydrogen-bond donors (Lipinski definition) is 0. The molecule has 4 rings (SSSR count). The van der Waals surface area contributed by atoms with Crippen molar-refractivity contribution < 1.29 is 9.47 Å². The van der Waals surface area contributed by atoms with Crippen molar-refractivity contribution in [2.75, 3.05) is 18.2 Å². The van der Waals surface area contributed by atoms with Gasteiger partial charge in [0.1, 0.15) is 0 Å². The van der Waals surface area contributed by atoms with Crippen LogP contribution >= 0.6 is 11.6 Å². The van der Waals surface area contributed by atoms with Crippen molar-refractivity contribution in [1.82, 2.24) is 0 Å². The summed E-state index contributed by atoms with van der Waals surface area (Å²) in [6.45, 7) is 2.11. The quantitative estimate of drug-likeness (QED) is 0.842. The third-order valence-corrected chi connectivity index (χ3v) is 4.24. The Morgan fingerprint density at radius 3 is 2.80 bits per heavy atom. The maximum atomic E-state index is 6.35. The van der Waals surface area contributed by atoms with Gasteiger partial charge in [0, 0.05) is 29.9 Å². The van der Waals surface area contributed by atoms with Crippen LogP contribution in [0.5, 0.6) is 11.5 Å². The Labute approximate surface area is 122 Å². The lowest BCUT2D eigenvalue weighted by atomic mass is 10.1. The summed E-state index contributed by atoms with van der Waals surface area (Å²) in [5.41, 5.74) is 3.79. The molecule has 2 heterocycles. The molecule has 2 aliphatic heterocycles. The monoisotopic (exact) mass is 287 g/mol. The largest absolute Gasteiger partial charge is 0.454 e. The molecule has 0 fully saturated rings. The molecule has 2 aliphatic rings. The van der Waals surface area contributed by atoms with Crippen molar-refractivity contribution in [3.63, 3.8) is 0 Å². The van der Waals surface area contributed by atoms with Gasteiger partial charge in [0.15, 0.2) is 11.5 Å². The fraction of sp³-hybridized carbons (Fsp3) is 0.250. The van der Waals surface area contributed by atoms with Crippen molar-refractivity contribution in [1.29, 1.82) is 0 Å². The molecule has 3 nitrogen and oxygen atoms in total. The second-order valence-electron chi connectivity index (χ2n) is 5.10. The van der Waals surface area contributed by atoms with Gasteiger partial charge in [-0.25, -0.2) is 0 Å². The zero-order valence-electron chi connectivity index (χ0n) is 10.9. The van der Waals surface area contributed by atoms with Gasteiger partial charge in [-0.2, -0.15) is 0 Å². The maximum absolute atomic E-state index is 6.35. The lowest BCUT2D eigenvalue weighted by molar-refractivity contribution is 0.174. The molecule has 0 N–H and O–H groups in total. The standard InChI is InChI=1S/C16H14ClNO2/c17-13-8-16-15(19-10-20-16)7-12(13)9-18-6-5-11-3-1-2-4-14(11)18/h1-4,7-8H,5-6,9-10H2. The van der Waals surface area contributed by atoms with Gasteiger partial charge in [-0.15, -0.1) is 0 Å². The van der Waals surface area contributed by atoms with Crippen LogP contribution in [0, 0.1) is 0 Å². The first-order valence-electron chi connectivity index (χ1n) is 6.72. The lowest BCUT2D eigenvalue weighted by Crippen LogP contribution is -2.19. The summed E-state index contributed by atoms with van der Waals surface area (Å²) in [7, 11) is 0. The van der Waals surface area contributed by atoms with Crippen LogP contribution in [0.25, 0.3) is 0 Å². The lowest BCUT2D eigenvalue weighted by Gasteiger charge is -2.20. The van der Waals surface area contributed by atoms with Gasteiger partial charge < -0.3 is 14.4 Å². The Bertz CT molecular complexity index is 672. The van der Waals surface area contributed by atoms with Gasteiger partial charge in [0.2, 0.25) is 6.79 Å². The topological polar surface area (TPSA) is 21.7 Å². The van der Waals surface area contributed by atoms with Crippen molar-refractivity contribution in [3.8, 4) is 11.5 Å². The summed E-state index contributed by atoms with van der Waals surface area (Å²) in [6.07, 6.45) is 1.10. The number of halogens is 1. The number of para-hydroxylation sites is 1. The molecule has 2 aromatic rings. The van der Waals surface area contributed by atoms with Crippen LogP contribution in [-0.4, -0.2) is 13.3 Å². The van der Waals surface area contributed by atoms with Gasteiger partial charge >= 0.3 is 0 Å². The molecule has 102 valence electrons. The fourth-order valence-corrected chi connectivity index (χ4v) is 3.07. The van der Waals surface area contributed by atoms with Crippen LogP contribution in [0.4, 0.5) is 5.69 Å². The number of fused-ring (bicyclic) bond motifs is 2. The summed E-state index contributed by atoms with van der Waals surface area (Å²) < 4.78 is 10.8. The average molecular weight is 288 g/mol. The first-order valence-corrected chi connectivity index (χ1v) is 7.10. The first kappa shape index (κ1) is 11.9. The number of rotatable bonds is 2. The molecule has 4 heteroatoms.